The van der Waals surface area contributed by atoms with E-state index < -0.39 is 10.0 Å². The maximum atomic E-state index is 13.0. The topological polar surface area (TPSA) is 82.9 Å². The van der Waals surface area contributed by atoms with E-state index in [1.807, 2.05) is 19.1 Å². The Labute approximate surface area is 184 Å². The van der Waals surface area contributed by atoms with Crippen molar-refractivity contribution in [3.05, 3.63) is 54.0 Å². The minimum absolute atomic E-state index is 0.00731. The monoisotopic (exact) mass is 445 g/mol. The summed E-state index contributed by atoms with van der Waals surface area (Å²) in [4.78, 5) is 15.6. The van der Waals surface area contributed by atoms with Crippen molar-refractivity contribution in [2.24, 2.45) is 5.92 Å². The molecule has 1 N–H and O–H groups in total. The van der Waals surface area contributed by atoms with Crippen LogP contribution in [-0.2, 0) is 14.8 Å². The molecule has 7 nitrogen and oxygen atoms in total. The van der Waals surface area contributed by atoms with Gasteiger partial charge in [0.1, 0.15) is 11.5 Å². The van der Waals surface area contributed by atoms with Gasteiger partial charge in [-0.2, -0.15) is 4.31 Å². The van der Waals surface area contributed by atoms with Gasteiger partial charge in [0, 0.05) is 19.6 Å². The molecule has 3 heterocycles. The van der Waals surface area contributed by atoms with Gasteiger partial charge in [0.2, 0.25) is 15.9 Å². The van der Waals surface area contributed by atoms with Gasteiger partial charge in [-0.1, -0.05) is 18.2 Å². The van der Waals surface area contributed by atoms with Crippen molar-refractivity contribution in [3.63, 3.8) is 0 Å². The number of sulfonamides is 1. The average molecular weight is 446 g/mol. The highest BCUT2D eigenvalue weighted by atomic mass is 32.2. The first-order valence-electron chi connectivity index (χ1n) is 11.1. The van der Waals surface area contributed by atoms with Gasteiger partial charge >= 0.3 is 0 Å². The molecule has 0 saturated carbocycles. The van der Waals surface area contributed by atoms with E-state index in [0.717, 1.165) is 37.5 Å². The lowest BCUT2D eigenvalue weighted by Gasteiger charge is -2.32. The summed E-state index contributed by atoms with van der Waals surface area (Å²) in [5.74, 6) is 1.31. The number of aryl methyl sites for hydroxylation is 1. The fourth-order valence-corrected chi connectivity index (χ4v) is 6.10. The molecule has 8 heteroatoms. The average Bonchev–Trinajstić information content (AvgIpc) is 3.47. The van der Waals surface area contributed by atoms with Crippen LogP contribution in [0.25, 0.3) is 0 Å². The predicted molar refractivity (Wildman–Crippen MR) is 118 cm³/mol. The second-order valence-electron chi connectivity index (χ2n) is 8.47. The molecule has 0 aliphatic carbocycles. The molecule has 1 aromatic carbocycles. The number of rotatable bonds is 7. The summed E-state index contributed by atoms with van der Waals surface area (Å²) in [5.41, 5.74) is 0. The molecule has 0 bridgehead atoms. The van der Waals surface area contributed by atoms with Crippen molar-refractivity contribution in [2.45, 2.75) is 43.5 Å². The summed E-state index contributed by atoms with van der Waals surface area (Å²) in [6.07, 6.45) is 3.68. The van der Waals surface area contributed by atoms with Gasteiger partial charge < -0.3 is 9.73 Å². The maximum Gasteiger partial charge on any atom is 0.243 e. The van der Waals surface area contributed by atoms with Crippen LogP contribution in [0.5, 0.6) is 0 Å². The third kappa shape index (κ3) is 5.02. The molecule has 0 radical (unpaired) electrons. The van der Waals surface area contributed by atoms with Crippen LogP contribution in [0.1, 0.15) is 43.2 Å². The zero-order valence-electron chi connectivity index (χ0n) is 18.0. The van der Waals surface area contributed by atoms with Gasteiger partial charge in [0.15, 0.2) is 0 Å². The molecule has 0 spiro atoms. The number of benzene rings is 1. The van der Waals surface area contributed by atoms with E-state index in [4.69, 9.17) is 4.42 Å². The highest BCUT2D eigenvalue weighted by Crippen LogP contribution is 2.27. The number of hydrogen-bond donors (Lipinski definition) is 1. The van der Waals surface area contributed by atoms with E-state index in [9.17, 15) is 13.2 Å². The molecule has 2 fully saturated rings. The van der Waals surface area contributed by atoms with Crippen LogP contribution in [0.3, 0.4) is 0 Å². The standard InChI is InChI=1S/C23H31N3O4S/c1-18-11-12-22(30-18)21(25-13-5-6-14-25)16-24-23(27)19-8-7-15-26(17-19)31(28,29)20-9-3-2-4-10-20/h2-4,9-12,19,21H,5-8,13-17H2,1H3,(H,24,27). The van der Waals surface area contributed by atoms with E-state index in [1.54, 1.807) is 30.3 Å². The molecule has 168 valence electrons. The van der Waals surface area contributed by atoms with Gasteiger partial charge in [-0.15, -0.1) is 0 Å². The number of amides is 1. The number of piperidine rings is 1. The Hall–Kier alpha value is -2.16. The Bertz CT molecular complexity index is 983. The largest absolute Gasteiger partial charge is 0.465 e. The Kier molecular flexibility index (Phi) is 6.79. The lowest BCUT2D eigenvalue weighted by atomic mass is 9.98. The van der Waals surface area contributed by atoms with Crippen molar-refractivity contribution < 1.29 is 17.6 Å². The molecule has 1 amide bonds. The summed E-state index contributed by atoms with van der Waals surface area (Å²) in [7, 11) is -3.58. The second-order valence-corrected chi connectivity index (χ2v) is 10.4. The van der Waals surface area contributed by atoms with Crippen LogP contribution in [0.2, 0.25) is 0 Å². The fraction of sp³-hybridized carbons (Fsp3) is 0.522. The lowest BCUT2D eigenvalue weighted by Crippen LogP contribution is -2.46. The minimum Gasteiger partial charge on any atom is -0.465 e. The van der Waals surface area contributed by atoms with Gasteiger partial charge in [0.25, 0.3) is 0 Å². The van der Waals surface area contributed by atoms with E-state index in [1.165, 1.54) is 4.31 Å². The number of carbonyl (C=O) groups is 1. The van der Waals surface area contributed by atoms with E-state index in [2.05, 4.69) is 10.2 Å². The number of furan rings is 1. The van der Waals surface area contributed by atoms with Gasteiger partial charge in [-0.3, -0.25) is 9.69 Å². The van der Waals surface area contributed by atoms with Gasteiger partial charge in [-0.05, 0) is 70.0 Å². The second kappa shape index (κ2) is 9.54. The van der Waals surface area contributed by atoms with Crippen molar-refractivity contribution in [3.8, 4) is 0 Å². The van der Waals surface area contributed by atoms with Crippen LogP contribution >= 0.6 is 0 Å². The van der Waals surface area contributed by atoms with Crippen LogP contribution < -0.4 is 5.32 Å². The molecule has 4 rings (SSSR count). The molecule has 1 aromatic heterocycles. The number of carbonyl (C=O) groups excluding carboxylic acids is 1. The lowest BCUT2D eigenvalue weighted by molar-refractivity contribution is -0.126. The van der Waals surface area contributed by atoms with Crippen molar-refractivity contribution in [2.75, 3.05) is 32.7 Å². The number of likely N-dealkylation sites (tertiary alicyclic amines) is 1. The molecule has 2 unspecified atom stereocenters. The Morgan fingerprint density at radius 3 is 2.52 bits per heavy atom. The summed E-state index contributed by atoms with van der Waals surface area (Å²) in [5, 5.41) is 3.09. The first kappa shape index (κ1) is 22.0. The van der Waals surface area contributed by atoms with Crippen LogP contribution in [0.15, 0.2) is 51.8 Å². The first-order chi connectivity index (χ1) is 14.9. The van der Waals surface area contributed by atoms with Gasteiger partial charge in [0.05, 0.1) is 16.9 Å². The number of hydrogen-bond acceptors (Lipinski definition) is 5. The highest BCUT2D eigenvalue weighted by molar-refractivity contribution is 7.89. The van der Waals surface area contributed by atoms with Crippen LogP contribution in [0, 0.1) is 12.8 Å². The first-order valence-corrected chi connectivity index (χ1v) is 12.5. The SMILES string of the molecule is Cc1ccc(C(CNC(=O)C2CCCN(S(=O)(=O)c3ccccc3)C2)N2CCCC2)o1. The molecule has 2 atom stereocenters. The Morgan fingerprint density at radius 1 is 1.10 bits per heavy atom. The van der Waals surface area contributed by atoms with E-state index in [-0.39, 0.29) is 29.3 Å². The van der Waals surface area contributed by atoms with Crippen molar-refractivity contribution in [1.29, 1.82) is 0 Å². The third-order valence-corrected chi connectivity index (χ3v) is 8.16. The van der Waals surface area contributed by atoms with Gasteiger partial charge in [-0.25, -0.2) is 8.42 Å². The number of nitrogens with one attached hydrogen (secondary N) is 1. The van der Waals surface area contributed by atoms with Crippen LogP contribution in [0.4, 0.5) is 0 Å². The third-order valence-electron chi connectivity index (χ3n) is 6.28. The fourth-order valence-electron chi connectivity index (χ4n) is 4.55. The Morgan fingerprint density at radius 2 is 1.84 bits per heavy atom. The minimum atomic E-state index is -3.58. The van der Waals surface area contributed by atoms with E-state index >= 15 is 0 Å². The zero-order chi connectivity index (χ0) is 21.8. The molecule has 2 aliphatic rings. The summed E-state index contributed by atoms with van der Waals surface area (Å²) < 4.78 is 33.2. The van der Waals surface area contributed by atoms with Crippen molar-refractivity contribution in [1.82, 2.24) is 14.5 Å². The smallest absolute Gasteiger partial charge is 0.243 e. The van der Waals surface area contributed by atoms with E-state index in [0.29, 0.717) is 25.9 Å². The molecule has 31 heavy (non-hydrogen) atoms. The predicted octanol–water partition coefficient (Wildman–Crippen LogP) is 2.94. The quantitative estimate of drug-likeness (QED) is 0.709. The molecule has 2 aromatic rings. The molecular weight excluding hydrogens is 414 g/mol. The maximum absolute atomic E-state index is 13.0. The summed E-state index contributed by atoms with van der Waals surface area (Å²) >= 11 is 0. The number of nitrogens with zero attached hydrogens (tertiary/aromatic N) is 2. The molecular formula is C23H31N3O4S. The highest BCUT2D eigenvalue weighted by Gasteiger charge is 2.34. The van der Waals surface area contributed by atoms with Crippen LogP contribution in [-0.4, -0.2) is 56.3 Å². The molecule has 2 saturated heterocycles. The zero-order valence-corrected chi connectivity index (χ0v) is 18.8. The summed E-state index contributed by atoms with van der Waals surface area (Å²) in [6, 6.07) is 12.4. The van der Waals surface area contributed by atoms with Crippen molar-refractivity contribution >= 4 is 15.9 Å². The Balaban J connectivity index is 1.40. The normalized spacial score (nSPS) is 21.8. The summed E-state index contributed by atoms with van der Waals surface area (Å²) in [6.45, 7) is 5.04. The molecule has 2 aliphatic heterocycles.